The van der Waals surface area contributed by atoms with Crippen molar-refractivity contribution >= 4 is 57.2 Å². The van der Waals surface area contributed by atoms with Crippen LogP contribution < -0.4 is 10.6 Å². The molecule has 1 aromatic heterocycles. The van der Waals surface area contributed by atoms with Crippen molar-refractivity contribution in [2.45, 2.75) is 32.7 Å². The van der Waals surface area contributed by atoms with Crippen LogP contribution in [0.15, 0.2) is 20.9 Å². The molecular formula is C15H25BrIN3OS. The van der Waals surface area contributed by atoms with Gasteiger partial charge in [0.15, 0.2) is 5.96 Å². The number of nitrogens with one attached hydrogen (secondary N) is 2. The highest BCUT2D eigenvalue weighted by molar-refractivity contribution is 14.0. The van der Waals surface area contributed by atoms with Crippen LogP contribution >= 0.6 is 51.2 Å². The van der Waals surface area contributed by atoms with E-state index >= 15 is 0 Å². The van der Waals surface area contributed by atoms with Crippen LogP contribution in [0.25, 0.3) is 0 Å². The first-order valence-electron chi connectivity index (χ1n) is 7.62. The Morgan fingerprint density at radius 1 is 1.41 bits per heavy atom. The lowest BCUT2D eigenvalue weighted by Gasteiger charge is -2.11. The second-order valence-electron chi connectivity index (χ2n) is 5.20. The second-order valence-corrected chi connectivity index (χ2v) is 7.75. The molecule has 1 fully saturated rings. The Labute approximate surface area is 162 Å². The minimum atomic E-state index is 0. The van der Waals surface area contributed by atoms with Gasteiger partial charge in [-0.25, -0.2) is 4.99 Å². The van der Waals surface area contributed by atoms with Crippen LogP contribution in [-0.2, 0) is 11.3 Å². The third kappa shape index (κ3) is 8.69. The van der Waals surface area contributed by atoms with Crippen molar-refractivity contribution in [3.05, 3.63) is 20.8 Å². The molecule has 2 N–H and O–H groups in total. The highest BCUT2D eigenvalue weighted by atomic mass is 127. The Balaban J connectivity index is 0.00000242. The molecule has 4 nitrogen and oxygen atoms in total. The van der Waals surface area contributed by atoms with E-state index in [4.69, 9.17) is 4.74 Å². The monoisotopic (exact) mass is 501 g/mol. The Morgan fingerprint density at radius 3 is 2.86 bits per heavy atom. The van der Waals surface area contributed by atoms with Crippen molar-refractivity contribution in [2.24, 2.45) is 10.9 Å². The van der Waals surface area contributed by atoms with Crippen molar-refractivity contribution in [1.29, 1.82) is 0 Å². The van der Waals surface area contributed by atoms with Gasteiger partial charge in [0.1, 0.15) is 0 Å². The number of nitrogens with zero attached hydrogens (tertiary/aromatic N) is 1. The van der Waals surface area contributed by atoms with Gasteiger partial charge in [-0.3, -0.25) is 0 Å². The molecule has 1 heterocycles. The van der Waals surface area contributed by atoms with Gasteiger partial charge in [0.05, 0.1) is 10.3 Å². The fourth-order valence-corrected chi connectivity index (χ4v) is 3.26. The molecule has 22 heavy (non-hydrogen) atoms. The topological polar surface area (TPSA) is 45.7 Å². The zero-order valence-corrected chi connectivity index (χ0v) is 17.7. The Kier molecular flexibility index (Phi) is 10.7. The molecule has 7 heteroatoms. The molecule has 0 bridgehead atoms. The summed E-state index contributed by atoms with van der Waals surface area (Å²) >= 11 is 5.20. The Morgan fingerprint density at radius 2 is 2.23 bits per heavy atom. The van der Waals surface area contributed by atoms with Crippen LogP contribution in [0.5, 0.6) is 0 Å². The number of guanidine groups is 1. The predicted molar refractivity (Wildman–Crippen MR) is 108 cm³/mol. The van der Waals surface area contributed by atoms with Crippen LogP contribution in [0, 0.1) is 5.92 Å². The van der Waals surface area contributed by atoms with Gasteiger partial charge in [-0.1, -0.05) is 0 Å². The molecule has 1 aromatic rings. The molecule has 126 valence electrons. The highest BCUT2D eigenvalue weighted by Gasteiger charge is 2.20. The normalized spacial score (nSPS) is 14.5. The molecule has 0 aromatic carbocycles. The zero-order valence-electron chi connectivity index (χ0n) is 12.9. The van der Waals surface area contributed by atoms with Gasteiger partial charge in [0.2, 0.25) is 0 Å². The first-order chi connectivity index (χ1) is 10.3. The maximum Gasteiger partial charge on any atom is 0.191 e. The van der Waals surface area contributed by atoms with Gasteiger partial charge in [-0.05, 0) is 60.2 Å². The summed E-state index contributed by atoms with van der Waals surface area (Å²) in [4.78, 5) is 5.85. The second kappa shape index (κ2) is 11.6. The summed E-state index contributed by atoms with van der Waals surface area (Å²) in [5, 5.41) is 6.62. The highest BCUT2D eigenvalue weighted by Crippen LogP contribution is 2.28. The number of hydrogen-bond donors (Lipinski definition) is 2. The van der Waals surface area contributed by atoms with E-state index in [-0.39, 0.29) is 24.0 Å². The molecule has 2 rings (SSSR count). The lowest BCUT2D eigenvalue weighted by atomic mass is 10.4. The molecule has 0 aliphatic heterocycles. The Hall–Kier alpha value is 0.140. The molecule has 1 saturated carbocycles. The third-order valence-electron chi connectivity index (χ3n) is 3.17. The van der Waals surface area contributed by atoms with E-state index in [9.17, 15) is 0 Å². The molecule has 1 aliphatic carbocycles. The van der Waals surface area contributed by atoms with Gasteiger partial charge >= 0.3 is 0 Å². The molecule has 1 aliphatic rings. The van der Waals surface area contributed by atoms with Gasteiger partial charge in [-0.15, -0.1) is 35.3 Å². The number of hydrogen-bond acceptors (Lipinski definition) is 3. The summed E-state index contributed by atoms with van der Waals surface area (Å²) in [6.45, 7) is 6.34. The first kappa shape index (κ1) is 20.2. The van der Waals surface area contributed by atoms with E-state index in [0.29, 0.717) is 6.54 Å². The van der Waals surface area contributed by atoms with Crippen LogP contribution in [-0.4, -0.2) is 32.3 Å². The maximum atomic E-state index is 5.63. The Bertz CT molecular complexity index is 452. The predicted octanol–water partition coefficient (Wildman–Crippen LogP) is 4.00. The smallest absolute Gasteiger partial charge is 0.191 e. The SMILES string of the molecule is CCNC(=NCc1ccc(Br)s1)NCCCOCC1CC1.I. The number of thiophene rings is 1. The van der Waals surface area contributed by atoms with Gasteiger partial charge in [0.25, 0.3) is 0 Å². The largest absolute Gasteiger partial charge is 0.381 e. The molecule has 0 unspecified atom stereocenters. The molecule has 0 saturated heterocycles. The van der Waals surface area contributed by atoms with Crippen molar-refractivity contribution < 1.29 is 4.74 Å². The maximum absolute atomic E-state index is 5.63. The number of halogens is 2. The molecule has 0 radical (unpaired) electrons. The molecule has 0 atom stereocenters. The van der Waals surface area contributed by atoms with E-state index in [1.54, 1.807) is 11.3 Å². The quantitative estimate of drug-likeness (QED) is 0.232. The fraction of sp³-hybridized carbons (Fsp3) is 0.667. The fourth-order valence-electron chi connectivity index (χ4n) is 1.85. The lowest BCUT2D eigenvalue weighted by Crippen LogP contribution is -2.38. The van der Waals surface area contributed by atoms with Crippen LogP contribution in [0.2, 0.25) is 0 Å². The van der Waals surface area contributed by atoms with Crippen LogP contribution in [0.4, 0.5) is 0 Å². The average Bonchev–Trinajstić information content (AvgIpc) is 3.21. The zero-order chi connectivity index (χ0) is 14.9. The summed E-state index contributed by atoms with van der Waals surface area (Å²) < 4.78 is 6.78. The summed E-state index contributed by atoms with van der Waals surface area (Å²) in [5.74, 6) is 1.73. The van der Waals surface area contributed by atoms with Gasteiger partial charge in [-0.2, -0.15) is 0 Å². The minimum absolute atomic E-state index is 0. The van der Waals surface area contributed by atoms with Crippen molar-refractivity contribution in [3.63, 3.8) is 0 Å². The first-order valence-corrected chi connectivity index (χ1v) is 9.23. The summed E-state index contributed by atoms with van der Waals surface area (Å²) in [6.07, 6.45) is 3.73. The minimum Gasteiger partial charge on any atom is -0.381 e. The molecule has 0 amide bonds. The summed E-state index contributed by atoms with van der Waals surface area (Å²) in [6, 6.07) is 4.17. The van der Waals surface area contributed by atoms with Crippen molar-refractivity contribution in [1.82, 2.24) is 10.6 Å². The van der Waals surface area contributed by atoms with Crippen molar-refractivity contribution in [3.8, 4) is 0 Å². The van der Waals surface area contributed by atoms with Crippen molar-refractivity contribution in [2.75, 3.05) is 26.3 Å². The number of aliphatic imine (C=N–C) groups is 1. The van der Waals surface area contributed by atoms with E-state index in [1.165, 1.54) is 17.7 Å². The molecular weight excluding hydrogens is 477 g/mol. The van der Waals surface area contributed by atoms with E-state index in [1.807, 2.05) is 0 Å². The van der Waals surface area contributed by atoms with Crippen LogP contribution in [0.1, 0.15) is 31.1 Å². The standard InChI is InChI=1S/C15H24BrN3OS.HI/c1-2-17-15(19-10-13-6-7-14(16)21-13)18-8-3-9-20-11-12-4-5-12;/h6-7,12H,2-5,8-11H2,1H3,(H2,17,18,19);1H. The van der Waals surface area contributed by atoms with Crippen LogP contribution in [0.3, 0.4) is 0 Å². The average molecular weight is 502 g/mol. The van der Waals surface area contributed by atoms with Gasteiger partial charge in [0, 0.05) is 31.2 Å². The third-order valence-corrected chi connectivity index (χ3v) is 4.78. The number of ether oxygens (including phenoxy) is 1. The lowest BCUT2D eigenvalue weighted by molar-refractivity contribution is 0.123. The summed E-state index contributed by atoms with van der Waals surface area (Å²) in [7, 11) is 0. The summed E-state index contributed by atoms with van der Waals surface area (Å²) in [5.41, 5.74) is 0. The number of rotatable bonds is 9. The van der Waals surface area contributed by atoms with E-state index in [2.05, 4.69) is 50.6 Å². The van der Waals surface area contributed by atoms with E-state index < -0.39 is 0 Å². The molecule has 0 spiro atoms. The van der Waals surface area contributed by atoms with Gasteiger partial charge < -0.3 is 15.4 Å². The van der Waals surface area contributed by atoms with E-state index in [0.717, 1.165) is 48.4 Å².